The molecule has 2 N–H and O–H groups in total. The Morgan fingerprint density at radius 3 is 1.55 bits per heavy atom. The number of rotatable bonds is 6. The van der Waals surface area contributed by atoms with E-state index in [0.29, 0.717) is 0 Å². The molecule has 3 aromatic carbocycles. The van der Waals surface area contributed by atoms with Crippen LogP contribution in [-0.4, -0.2) is 10.3 Å². The van der Waals surface area contributed by atoms with E-state index in [1.54, 1.807) is 0 Å². The molecule has 0 aliphatic heterocycles. The fourth-order valence-electron chi connectivity index (χ4n) is 4.35. The number of benzene rings is 3. The van der Waals surface area contributed by atoms with Crippen molar-refractivity contribution in [1.82, 2.24) is 0 Å². The van der Waals surface area contributed by atoms with Gasteiger partial charge in [0, 0.05) is 11.8 Å². The predicted molar refractivity (Wildman–Crippen MR) is 144 cm³/mol. The van der Waals surface area contributed by atoms with Crippen molar-refractivity contribution in [3.8, 4) is 0 Å². The van der Waals surface area contributed by atoms with Crippen molar-refractivity contribution in [3.63, 3.8) is 0 Å². The molecule has 1 nitrogen and oxygen atoms in total. The summed E-state index contributed by atoms with van der Waals surface area (Å²) >= 11 is 0. The molecule has 0 bridgehead atoms. The molecule has 3 aromatic rings. The van der Waals surface area contributed by atoms with E-state index in [-0.39, 0.29) is 18.2 Å². The molecule has 0 heterocycles. The molecule has 0 fully saturated rings. The fourth-order valence-corrected chi connectivity index (χ4v) is 10.4. The van der Waals surface area contributed by atoms with Crippen molar-refractivity contribution in [2.24, 2.45) is 0 Å². The van der Waals surface area contributed by atoms with Crippen LogP contribution in [0.2, 0.25) is 0 Å². The highest BCUT2D eigenvalue weighted by molar-refractivity contribution is 7.72. The second kappa shape index (κ2) is 9.85. The van der Waals surface area contributed by atoms with Gasteiger partial charge >= 0.3 is 0 Å². The van der Waals surface area contributed by atoms with Crippen LogP contribution < -0.4 is 16.3 Å². The first-order chi connectivity index (χ1) is 14.6. The quantitative estimate of drug-likeness (QED) is 0.306. The molecule has 0 saturated heterocycles. The van der Waals surface area contributed by atoms with Gasteiger partial charge in [-0.25, -0.2) is 0 Å². The van der Waals surface area contributed by atoms with E-state index in [0.717, 1.165) is 18.0 Å². The van der Waals surface area contributed by atoms with E-state index in [1.807, 2.05) is 0 Å². The molecule has 0 saturated carbocycles. The first kappa shape index (κ1) is 24.0. The molecule has 0 atom stereocenters. The summed E-state index contributed by atoms with van der Waals surface area (Å²) in [5.41, 5.74) is 10.4. The van der Waals surface area contributed by atoms with Gasteiger partial charge in [0.15, 0.2) is 0 Å². The van der Waals surface area contributed by atoms with Gasteiger partial charge in [-0.15, -0.1) is 0 Å². The highest BCUT2D eigenvalue weighted by Gasteiger charge is 2.35. The summed E-state index contributed by atoms with van der Waals surface area (Å²) in [7, 11) is -0.743. The molecular weight excluding hydrogens is 412 g/mol. The van der Waals surface area contributed by atoms with Crippen LogP contribution in [0, 0.1) is 0 Å². The molecule has 3 rings (SSSR count). The SMILES string of the molecule is CC(C)(C)P(Cc1c(N)cccc1CP(c1ccccc1)c1ccccc1)C(C)(C)C. The lowest BCUT2D eigenvalue weighted by molar-refractivity contribution is 0.702. The van der Waals surface area contributed by atoms with Crippen LogP contribution in [0.4, 0.5) is 5.69 Å². The molecule has 0 aliphatic rings. The van der Waals surface area contributed by atoms with Crippen molar-refractivity contribution in [3.05, 3.63) is 90.0 Å². The normalized spacial score (nSPS) is 12.5. The Kier molecular flexibility index (Phi) is 7.62. The minimum absolute atomic E-state index is 0.258. The molecule has 0 spiro atoms. The number of hydrogen-bond acceptors (Lipinski definition) is 1. The summed E-state index contributed by atoms with van der Waals surface area (Å²) in [5.74, 6) is 0. The van der Waals surface area contributed by atoms with Gasteiger partial charge in [-0.1, -0.05) is 122 Å². The van der Waals surface area contributed by atoms with E-state index < -0.39 is 7.92 Å². The first-order valence-corrected chi connectivity index (χ1v) is 14.1. The van der Waals surface area contributed by atoms with Crippen LogP contribution in [0.25, 0.3) is 0 Å². The van der Waals surface area contributed by atoms with Gasteiger partial charge in [-0.05, 0) is 52.2 Å². The maximum atomic E-state index is 6.63. The Morgan fingerprint density at radius 2 is 1.10 bits per heavy atom. The van der Waals surface area contributed by atoms with Crippen LogP contribution in [-0.2, 0) is 12.3 Å². The van der Waals surface area contributed by atoms with Crippen molar-refractivity contribution in [2.75, 3.05) is 5.73 Å². The number of anilines is 1. The molecule has 31 heavy (non-hydrogen) atoms. The molecule has 164 valence electrons. The van der Waals surface area contributed by atoms with Crippen molar-refractivity contribution in [1.29, 1.82) is 0 Å². The molecule has 0 amide bonds. The van der Waals surface area contributed by atoms with Gasteiger partial charge in [0.05, 0.1) is 0 Å². The van der Waals surface area contributed by atoms with Gasteiger partial charge in [0.1, 0.15) is 0 Å². The smallest absolute Gasteiger partial charge is 0.0353 e. The van der Waals surface area contributed by atoms with Crippen molar-refractivity contribution < 1.29 is 0 Å². The second-order valence-electron chi connectivity index (χ2n) is 10.2. The third kappa shape index (κ3) is 6.19. The van der Waals surface area contributed by atoms with Crippen molar-refractivity contribution >= 4 is 32.1 Å². The summed E-state index contributed by atoms with van der Waals surface area (Å²) in [5, 5.41) is 3.39. The number of nitrogens with two attached hydrogens (primary N) is 1. The minimum atomic E-state index is -0.485. The zero-order valence-corrected chi connectivity index (χ0v) is 21.7. The third-order valence-corrected chi connectivity index (χ3v) is 12.1. The van der Waals surface area contributed by atoms with Gasteiger partial charge in [0.2, 0.25) is 0 Å². The second-order valence-corrected chi connectivity index (χ2v) is 16.2. The summed E-state index contributed by atoms with van der Waals surface area (Å²) in [6, 6.07) is 28.5. The van der Waals surface area contributed by atoms with Gasteiger partial charge < -0.3 is 5.73 Å². The molecule has 0 radical (unpaired) electrons. The molecular formula is C28H37NP2. The Morgan fingerprint density at radius 1 is 0.613 bits per heavy atom. The topological polar surface area (TPSA) is 26.0 Å². The molecule has 0 aliphatic carbocycles. The fraction of sp³-hybridized carbons (Fsp3) is 0.357. The highest BCUT2D eigenvalue weighted by Crippen LogP contribution is 2.62. The van der Waals surface area contributed by atoms with E-state index in [1.165, 1.54) is 21.7 Å². The zero-order valence-electron chi connectivity index (χ0n) is 19.9. The average Bonchev–Trinajstić information content (AvgIpc) is 2.71. The van der Waals surface area contributed by atoms with E-state index in [2.05, 4.69) is 120 Å². The van der Waals surface area contributed by atoms with Gasteiger partial charge in [0.25, 0.3) is 0 Å². The van der Waals surface area contributed by atoms with Crippen molar-refractivity contribution in [2.45, 2.75) is 64.2 Å². The summed E-state index contributed by atoms with van der Waals surface area (Å²) in [6.45, 7) is 14.4. The lowest BCUT2D eigenvalue weighted by Gasteiger charge is -2.42. The summed E-state index contributed by atoms with van der Waals surface area (Å²) in [4.78, 5) is 0. The lowest BCUT2D eigenvalue weighted by Crippen LogP contribution is -2.26. The first-order valence-electron chi connectivity index (χ1n) is 11.1. The Hall–Kier alpha value is -1.68. The molecule has 0 unspecified atom stereocenters. The number of hydrogen-bond donors (Lipinski definition) is 1. The Balaban J connectivity index is 2.03. The minimum Gasteiger partial charge on any atom is -0.398 e. The largest absolute Gasteiger partial charge is 0.398 e. The van der Waals surface area contributed by atoms with E-state index >= 15 is 0 Å². The van der Waals surface area contributed by atoms with Crippen LogP contribution >= 0.6 is 15.8 Å². The standard InChI is InChI=1S/C28H37NP2/c1-27(2,3)31(28(4,5)6)21-25-22(14-13-19-26(25)29)20-30(23-15-9-7-10-16-23)24-17-11-8-12-18-24/h7-19H,20-21,29H2,1-6H3. The summed E-state index contributed by atoms with van der Waals surface area (Å²) in [6.07, 6.45) is 2.11. The molecule has 0 aromatic heterocycles. The third-order valence-electron chi connectivity index (χ3n) is 5.71. The zero-order chi connectivity index (χ0) is 22.6. The maximum Gasteiger partial charge on any atom is 0.0353 e. The van der Waals surface area contributed by atoms with E-state index in [9.17, 15) is 0 Å². The van der Waals surface area contributed by atoms with Crippen LogP contribution in [0.1, 0.15) is 52.7 Å². The predicted octanol–water partition coefficient (Wildman–Crippen LogP) is 7.48. The Labute approximate surface area is 192 Å². The highest BCUT2D eigenvalue weighted by atomic mass is 31.1. The van der Waals surface area contributed by atoms with E-state index in [4.69, 9.17) is 5.73 Å². The average molecular weight is 450 g/mol. The number of nitrogen functional groups attached to an aromatic ring is 1. The Bertz CT molecular complexity index is 916. The van der Waals surface area contributed by atoms with Gasteiger partial charge in [-0.2, -0.15) is 0 Å². The molecule has 3 heteroatoms. The maximum absolute atomic E-state index is 6.63. The summed E-state index contributed by atoms with van der Waals surface area (Å²) < 4.78 is 0. The van der Waals surface area contributed by atoms with Crippen LogP contribution in [0.3, 0.4) is 0 Å². The van der Waals surface area contributed by atoms with Crippen LogP contribution in [0.5, 0.6) is 0 Å². The van der Waals surface area contributed by atoms with Crippen LogP contribution in [0.15, 0.2) is 78.9 Å². The monoisotopic (exact) mass is 449 g/mol. The lowest BCUT2D eigenvalue weighted by atomic mass is 10.1. The van der Waals surface area contributed by atoms with Gasteiger partial charge in [-0.3, -0.25) is 0 Å².